The van der Waals surface area contributed by atoms with E-state index in [9.17, 15) is 0 Å². The molecule has 0 N–H and O–H groups in total. The number of rotatable bonds is 5. The highest BCUT2D eigenvalue weighted by molar-refractivity contribution is 5.73. The summed E-state index contributed by atoms with van der Waals surface area (Å²) in [5.41, 5.74) is 4.75. The van der Waals surface area contributed by atoms with Crippen LogP contribution in [0.1, 0.15) is 5.69 Å². The Morgan fingerprint density at radius 3 is 2.64 bits per heavy atom. The van der Waals surface area contributed by atoms with E-state index in [-0.39, 0.29) is 0 Å². The minimum Gasteiger partial charge on any atom is -0.492 e. The minimum absolute atomic E-state index is 0.512. The molecule has 5 aromatic rings. The first kappa shape index (κ1) is 16.4. The van der Waals surface area contributed by atoms with Gasteiger partial charge in [-0.1, -0.05) is 23.4 Å². The molecule has 0 radical (unpaired) electrons. The van der Waals surface area contributed by atoms with Crippen LogP contribution in [-0.4, -0.2) is 36.2 Å². The Morgan fingerprint density at radius 2 is 1.79 bits per heavy atom. The van der Waals surface area contributed by atoms with E-state index in [0.717, 1.165) is 33.7 Å². The molecule has 7 heteroatoms. The minimum atomic E-state index is 0.512. The van der Waals surface area contributed by atoms with Crippen LogP contribution in [0.3, 0.4) is 0 Å². The van der Waals surface area contributed by atoms with Crippen LogP contribution in [0.15, 0.2) is 66.7 Å². The van der Waals surface area contributed by atoms with Crippen LogP contribution < -0.4 is 4.74 Å². The summed E-state index contributed by atoms with van der Waals surface area (Å²) in [6.07, 6.45) is 0. The monoisotopic (exact) mass is 370 g/mol. The van der Waals surface area contributed by atoms with Crippen molar-refractivity contribution in [3.8, 4) is 17.1 Å². The van der Waals surface area contributed by atoms with Crippen molar-refractivity contribution in [3.63, 3.8) is 0 Å². The van der Waals surface area contributed by atoms with Crippen molar-refractivity contribution in [2.24, 2.45) is 0 Å². The summed E-state index contributed by atoms with van der Waals surface area (Å²) in [6, 6.07) is 21.7. The molecule has 3 aromatic heterocycles. The average Bonchev–Trinajstić information content (AvgIpc) is 3.34. The fourth-order valence-electron chi connectivity index (χ4n) is 3.19. The van der Waals surface area contributed by atoms with Crippen LogP contribution in [0, 0.1) is 6.92 Å². The number of aromatic nitrogens is 6. The number of benzene rings is 2. The molecular weight excluding hydrogens is 352 g/mol. The van der Waals surface area contributed by atoms with E-state index < -0.39 is 0 Å². The second kappa shape index (κ2) is 6.77. The molecule has 28 heavy (non-hydrogen) atoms. The maximum atomic E-state index is 5.86. The first-order chi connectivity index (χ1) is 13.8. The molecule has 0 amide bonds. The van der Waals surface area contributed by atoms with Gasteiger partial charge in [-0.2, -0.15) is 0 Å². The molecular formula is C21H18N6O. The van der Waals surface area contributed by atoms with E-state index in [4.69, 9.17) is 4.74 Å². The molecule has 0 bridgehead atoms. The molecule has 3 heterocycles. The van der Waals surface area contributed by atoms with Crippen LogP contribution in [-0.2, 0) is 6.54 Å². The van der Waals surface area contributed by atoms with Crippen LogP contribution in [0.25, 0.3) is 28.1 Å². The van der Waals surface area contributed by atoms with Gasteiger partial charge in [0.2, 0.25) is 0 Å². The zero-order valence-corrected chi connectivity index (χ0v) is 15.4. The van der Waals surface area contributed by atoms with Crippen molar-refractivity contribution < 1.29 is 4.74 Å². The number of fused-ring (bicyclic) bond motifs is 2. The first-order valence-electron chi connectivity index (χ1n) is 9.12. The lowest BCUT2D eigenvalue weighted by molar-refractivity contribution is 0.292. The van der Waals surface area contributed by atoms with Crippen molar-refractivity contribution in [1.82, 2.24) is 29.6 Å². The van der Waals surface area contributed by atoms with Gasteiger partial charge in [0.25, 0.3) is 0 Å². The maximum absolute atomic E-state index is 5.86. The number of nitrogens with zero attached hydrogens (tertiary/aromatic N) is 6. The summed E-state index contributed by atoms with van der Waals surface area (Å²) >= 11 is 0. The maximum Gasteiger partial charge on any atom is 0.182 e. The van der Waals surface area contributed by atoms with Crippen molar-refractivity contribution in [1.29, 1.82) is 0 Å². The third-order valence-electron chi connectivity index (χ3n) is 4.65. The van der Waals surface area contributed by atoms with E-state index in [1.807, 2.05) is 82.9 Å². The van der Waals surface area contributed by atoms with Gasteiger partial charge in [0.15, 0.2) is 11.5 Å². The molecule has 2 aromatic carbocycles. The Bertz CT molecular complexity index is 1260. The van der Waals surface area contributed by atoms with E-state index in [1.165, 1.54) is 0 Å². The molecule has 0 aliphatic rings. The van der Waals surface area contributed by atoms with Crippen molar-refractivity contribution in [3.05, 3.63) is 72.4 Å². The third kappa shape index (κ3) is 2.96. The number of hydrogen-bond acceptors (Lipinski definition) is 5. The average molecular weight is 370 g/mol. The summed E-state index contributed by atoms with van der Waals surface area (Å²) < 4.78 is 9.57. The zero-order chi connectivity index (χ0) is 18.9. The van der Waals surface area contributed by atoms with Crippen molar-refractivity contribution >= 4 is 16.7 Å². The number of aryl methyl sites for hydroxylation is 1. The quantitative estimate of drug-likeness (QED) is 0.473. The van der Waals surface area contributed by atoms with Gasteiger partial charge in [-0.25, -0.2) is 14.2 Å². The molecule has 5 rings (SSSR count). The molecule has 0 aliphatic heterocycles. The second-order valence-electron chi connectivity index (χ2n) is 6.55. The number of pyridine rings is 1. The molecule has 0 unspecified atom stereocenters. The smallest absolute Gasteiger partial charge is 0.182 e. The van der Waals surface area contributed by atoms with Crippen LogP contribution in [0.2, 0.25) is 0 Å². The molecule has 7 nitrogen and oxygen atoms in total. The number of para-hydroxylation sites is 1. The SMILES string of the molecule is Cc1cccc2nc(-c3ccc(OCCn4nnc5ccccc54)cc3)nn12. The van der Waals surface area contributed by atoms with Crippen LogP contribution >= 0.6 is 0 Å². The van der Waals surface area contributed by atoms with E-state index in [0.29, 0.717) is 19.0 Å². The summed E-state index contributed by atoms with van der Waals surface area (Å²) in [7, 11) is 0. The summed E-state index contributed by atoms with van der Waals surface area (Å²) in [4.78, 5) is 4.59. The summed E-state index contributed by atoms with van der Waals surface area (Å²) in [5, 5.41) is 12.9. The molecule has 138 valence electrons. The Labute approximate surface area is 161 Å². The predicted octanol–water partition coefficient (Wildman–Crippen LogP) is 3.53. The zero-order valence-electron chi connectivity index (χ0n) is 15.4. The molecule has 0 spiro atoms. The Balaban J connectivity index is 1.28. The molecule has 0 aliphatic carbocycles. The Morgan fingerprint density at radius 1 is 0.929 bits per heavy atom. The fraction of sp³-hybridized carbons (Fsp3) is 0.143. The van der Waals surface area contributed by atoms with E-state index in [2.05, 4.69) is 20.4 Å². The van der Waals surface area contributed by atoms with Gasteiger partial charge < -0.3 is 4.74 Å². The normalized spacial score (nSPS) is 11.3. The van der Waals surface area contributed by atoms with Gasteiger partial charge in [-0.15, -0.1) is 10.2 Å². The molecule has 0 atom stereocenters. The Hall–Kier alpha value is -3.74. The molecule has 0 fully saturated rings. The third-order valence-corrected chi connectivity index (χ3v) is 4.65. The van der Waals surface area contributed by atoms with Crippen LogP contribution in [0.5, 0.6) is 5.75 Å². The van der Waals surface area contributed by atoms with Gasteiger partial charge in [-0.3, -0.25) is 0 Å². The van der Waals surface area contributed by atoms with Gasteiger partial charge in [0.1, 0.15) is 17.9 Å². The van der Waals surface area contributed by atoms with Crippen molar-refractivity contribution in [2.75, 3.05) is 6.61 Å². The highest BCUT2D eigenvalue weighted by Crippen LogP contribution is 2.21. The predicted molar refractivity (Wildman–Crippen MR) is 106 cm³/mol. The second-order valence-corrected chi connectivity index (χ2v) is 6.55. The number of hydrogen-bond donors (Lipinski definition) is 0. The lowest BCUT2D eigenvalue weighted by atomic mass is 10.2. The standard InChI is InChI=1S/C21H18N6O/c1-15-5-4-8-20-22-21(24-27(15)20)16-9-11-17(12-10-16)28-14-13-26-19-7-3-2-6-18(19)23-25-26/h2-12H,13-14H2,1H3. The summed E-state index contributed by atoms with van der Waals surface area (Å²) in [5.74, 6) is 1.50. The first-order valence-corrected chi connectivity index (χ1v) is 9.12. The van der Waals surface area contributed by atoms with Gasteiger partial charge in [-0.05, 0) is 55.5 Å². The lowest BCUT2D eigenvalue weighted by Crippen LogP contribution is -2.09. The highest BCUT2D eigenvalue weighted by Gasteiger charge is 2.08. The lowest BCUT2D eigenvalue weighted by Gasteiger charge is -2.07. The van der Waals surface area contributed by atoms with E-state index >= 15 is 0 Å². The van der Waals surface area contributed by atoms with Crippen LogP contribution in [0.4, 0.5) is 0 Å². The summed E-state index contributed by atoms with van der Waals surface area (Å²) in [6.45, 7) is 3.16. The van der Waals surface area contributed by atoms with E-state index in [1.54, 1.807) is 0 Å². The van der Waals surface area contributed by atoms with Crippen molar-refractivity contribution in [2.45, 2.75) is 13.5 Å². The largest absolute Gasteiger partial charge is 0.492 e. The molecule has 0 saturated carbocycles. The van der Waals surface area contributed by atoms with Gasteiger partial charge in [0.05, 0.1) is 12.1 Å². The van der Waals surface area contributed by atoms with Gasteiger partial charge >= 0.3 is 0 Å². The topological polar surface area (TPSA) is 70.1 Å². The fourth-order valence-corrected chi connectivity index (χ4v) is 3.19. The Kier molecular flexibility index (Phi) is 3.97. The molecule has 0 saturated heterocycles. The number of ether oxygens (including phenoxy) is 1. The highest BCUT2D eigenvalue weighted by atomic mass is 16.5. The van der Waals surface area contributed by atoms with Gasteiger partial charge in [0, 0.05) is 11.3 Å².